The van der Waals surface area contributed by atoms with Crippen molar-refractivity contribution in [2.75, 3.05) is 6.61 Å². The van der Waals surface area contributed by atoms with Crippen LogP contribution in [0.1, 0.15) is 12.8 Å². The topological polar surface area (TPSA) is 52.6 Å². The van der Waals surface area contributed by atoms with E-state index in [9.17, 15) is 9.59 Å². The maximum atomic E-state index is 11.9. The van der Waals surface area contributed by atoms with Crippen LogP contribution in [0, 0.1) is 5.41 Å². The zero-order chi connectivity index (χ0) is 11.4. The molecule has 1 spiro atoms. The number of ether oxygens (including phenoxy) is 2. The Bertz CT molecular complexity index is 425. The number of carbonyl (C=O) groups excluding carboxylic acids is 2. The number of hydrogen-bond donors (Lipinski definition) is 0. The standard InChI is InChI=1S/C12H12O4/c1-2-12-4-3-8(13)9(16-12)7-11(12)5-6-15-10(11)14/h2-4,9H,1,5-7H2/t9-,11-,12-/m1/s1. The van der Waals surface area contributed by atoms with Crippen molar-refractivity contribution in [2.24, 2.45) is 5.41 Å². The number of rotatable bonds is 1. The third kappa shape index (κ3) is 0.888. The monoisotopic (exact) mass is 220 g/mol. The highest BCUT2D eigenvalue weighted by Crippen LogP contribution is 2.55. The SMILES string of the molecule is C=C[C@@]12C=CC(=O)[C@@H](C[C@@]13CCOC3=O)O2. The zero-order valence-electron chi connectivity index (χ0n) is 8.77. The van der Waals surface area contributed by atoms with Gasteiger partial charge in [-0.15, -0.1) is 0 Å². The Morgan fingerprint density at radius 3 is 2.94 bits per heavy atom. The molecule has 84 valence electrons. The average molecular weight is 220 g/mol. The van der Waals surface area contributed by atoms with Gasteiger partial charge >= 0.3 is 5.97 Å². The van der Waals surface area contributed by atoms with Gasteiger partial charge in [-0.05, 0) is 12.2 Å². The second-order valence-electron chi connectivity index (χ2n) is 4.51. The minimum Gasteiger partial charge on any atom is -0.465 e. The molecule has 4 nitrogen and oxygen atoms in total. The molecule has 0 saturated carbocycles. The molecule has 0 radical (unpaired) electrons. The number of hydrogen-bond acceptors (Lipinski definition) is 4. The smallest absolute Gasteiger partial charge is 0.315 e. The molecule has 0 aromatic heterocycles. The van der Waals surface area contributed by atoms with E-state index in [4.69, 9.17) is 9.47 Å². The fraction of sp³-hybridized carbons (Fsp3) is 0.500. The van der Waals surface area contributed by atoms with Crippen molar-refractivity contribution in [2.45, 2.75) is 24.5 Å². The van der Waals surface area contributed by atoms with Gasteiger partial charge in [0.15, 0.2) is 5.78 Å². The minimum absolute atomic E-state index is 0.0750. The lowest BCUT2D eigenvalue weighted by Gasteiger charge is -2.34. The van der Waals surface area contributed by atoms with Gasteiger partial charge in [-0.2, -0.15) is 0 Å². The molecule has 3 atom stereocenters. The molecular formula is C12H12O4. The van der Waals surface area contributed by atoms with Crippen molar-refractivity contribution in [3.63, 3.8) is 0 Å². The first-order valence-electron chi connectivity index (χ1n) is 5.35. The first-order chi connectivity index (χ1) is 7.63. The van der Waals surface area contributed by atoms with Crippen LogP contribution in [0.25, 0.3) is 0 Å². The summed E-state index contributed by atoms with van der Waals surface area (Å²) in [5.41, 5.74) is -1.58. The largest absolute Gasteiger partial charge is 0.465 e. The van der Waals surface area contributed by atoms with Gasteiger partial charge in [0, 0.05) is 12.8 Å². The van der Waals surface area contributed by atoms with Crippen molar-refractivity contribution in [1.82, 2.24) is 0 Å². The van der Waals surface area contributed by atoms with Crippen LogP contribution in [0.4, 0.5) is 0 Å². The van der Waals surface area contributed by atoms with Gasteiger partial charge in [0.2, 0.25) is 0 Å². The minimum atomic E-state index is -0.848. The van der Waals surface area contributed by atoms with E-state index in [1.165, 1.54) is 6.08 Å². The Labute approximate surface area is 92.9 Å². The summed E-state index contributed by atoms with van der Waals surface area (Å²) < 4.78 is 10.7. The summed E-state index contributed by atoms with van der Waals surface area (Å²) in [6.07, 6.45) is 5.24. The van der Waals surface area contributed by atoms with Crippen molar-refractivity contribution >= 4 is 11.8 Å². The van der Waals surface area contributed by atoms with Gasteiger partial charge in [0.1, 0.15) is 17.1 Å². The van der Waals surface area contributed by atoms with Crippen molar-refractivity contribution < 1.29 is 19.1 Å². The fourth-order valence-corrected chi connectivity index (χ4v) is 2.95. The Balaban J connectivity index is 2.15. The van der Waals surface area contributed by atoms with E-state index in [0.717, 1.165) is 0 Å². The quantitative estimate of drug-likeness (QED) is 0.484. The molecule has 0 aromatic carbocycles. The lowest BCUT2D eigenvalue weighted by Crippen LogP contribution is -2.45. The van der Waals surface area contributed by atoms with Gasteiger partial charge in [-0.1, -0.05) is 12.7 Å². The van der Waals surface area contributed by atoms with E-state index in [2.05, 4.69) is 6.58 Å². The van der Waals surface area contributed by atoms with E-state index < -0.39 is 17.1 Å². The molecule has 0 N–H and O–H groups in total. The molecular weight excluding hydrogens is 208 g/mol. The van der Waals surface area contributed by atoms with Crippen LogP contribution in [0.5, 0.6) is 0 Å². The van der Waals surface area contributed by atoms with Crippen molar-refractivity contribution in [3.05, 3.63) is 24.8 Å². The zero-order valence-corrected chi connectivity index (χ0v) is 8.77. The molecule has 0 unspecified atom stereocenters. The van der Waals surface area contributed by atoms with Crippen molar-refractivity contribution in [1.29, 1.82) is 0 Å². The fourth-order valence-electron chi connectivity index (χ4n) is 2.95. The summed E-state index contributed by atoms with van der Waals surface area (Å²) >= 11 is 0. The highest BCUT2D eigenvalue weighted by Gasteiger charge is 2.66. The van der Waals surface area contributed by atoms with Gasteiger partial charge in [-0.25, -0.2) is 0 Å². The maximum absolute atomic E-state index is 11.9. The maximum Gasteiger partial charge on any atom is 0.315 e. The summed E-state index contributed by atoms with van der Waals surface area (Å²) in [5.74, 6) is -0.344. The lowest BCUT2D eigenvalue weighted by molar-refractivity contribution is -0.151. The average Bonchev–Trinajstić information content (AvgIpc) is 2.78. The Morgan fingerprint density at radius 2 is 2.31 bits per heavy atom. The first kappa shape index (κ1) is 9.78. The molecule has 3 rings (SSSR count). The molecule has 3 aliphatic rings. The van der Waals surface area contributed by atoms with Crippen LogP contribution in [0.3, 0.4) is 0 Å². The number of fused-ring (bicyclic) bond motifs is 3. The summed E-state index contributed by atoms with van der Waals surface area (Å²) in [7, 11) is 0. The van der Waals surface area contributed by atoms with Gasteiger partial charge in [0.05, 0.1) is 6.61 Å². The summed E-state index contributed by atoms with van der Waals surface area (Å²) in [6, 6.07) is 0. The molecule has 3 heterocycles. The summed E-state index contributed by atoms with van der Waals surface area (Å²) in [4.78, 5) is 23.5. The Hall–Kier alpha value is -1.42. The predicted molar refractivity (Wildman–Crippen MR) is 54.6 cm³/mol. The van der Waals surface area contributed by atoms with E-state index >= 15 is 0 Å². The van der Waals surface area contributed by atoms with Crippen molar-refractivity contribution in [3.8, 4) is 0 Å². The Kier molecular flexibility index (Phi) is 1.73. The second kappa shape index (κ2) is 2.83. The van der Waals surface area contributed by atoms with Gasteiger partial charge < -0.3 is 9.47 Å². The van der Waals surface area contributed by atoms with Crippen LogP contribution < -0.4 is 0 Å². The lowest BCUT2D eigenvalue weighted by atomic mass is 9.70. The van der Waals surface area contributed by atoms with E-state index in [-0.39, 0.29) is 11.8 Å². The number of ketones is 1. The molecule has 0 amide bonds. The van der Waals surface area contributed by atoms with E-state index in [1.54, 1.807) is 12.2 Å². The van der Waals surface area contributed by atoms with Gasteiger partial charge in [-0.3, -0.25) is 9.59 Å². The molecule has 2 bridgehead atoms. The summed E-state index contributed by atoms with van der Waals surface area (Å²) in [5, 5.41) is 0. The normalized spacial score (nSPS) is 45.1. The highest BCUT2D eigenvalue weighted by molar-refractivity contribution is 5.97. The molecule has 2 fully saturated rings. The second-order valence-corrected chi connectivity index (χ2v) is 4.51. The molecule has 4 heteroatoms. The third-order valence-electron chi connectivity index (χ3n) is 3.89. The Morgan fingerprint density at radius 1 is 1.50 bits per heavy atom. The highest BCUT2D eigenvalue weighted by atomic mass is 16.6. The molecule has 2 saturated heterocycles. The number of esters is 1. The molecule has 0 aliphatic carbocycles. The van der Waals surface area contributed by atoms with E-state index in [1.807, 2.05) is 0 Å². The van der Waals surface area contributed by atoms with Crippen LogP contribution in [-0.2, 0) is 19.1 Å². The van der Waals surface area contributed by atoms with Gasteiger partial charge in [0.25, 0.3) is 0 Å². The third-order valence-corrected chi connectivity index (χ3v) is 3.89. The van der Waals surface area contributed by atoms with Crippen LogP contribution in [-0.4, -0.2) is 30.1 Å². The predicted octanol–water partition coefficient (Wildman–Crippen LogP) is 0.772. The molecule has 0 aromatic rings. The number of cyclic esters (lactones) is 1. The van der Waals surface area contributed by atoms with E-state index in [0.29, 0.717) is 19.4 Å². The molecule has 3 aliphatic heterocycles. The molecule has 16 heavy (non-hydrogen) atoms. The van der Waals surface area contributed by atoms with Crippen LogP contribution in [0.15, 0.2) is 24.8 Å². The summed E-state index contributed by atoms with van der Waals surface area (Å²) in [6.45, 7) is 4.13. The number of carbonyl (C=O) groups is 2. The van der Waals surface area contributed by atoms with Crippen LogP contribution >= 0.6 is 0 Å². The van der Waals surface area contributed by atoms with Crippen LogP contribution in [0.2, 0.25) is 0 Å². The first-order valence-corrected chi connectivity index (χ1v) is 5.35.